The molecule has 2 N–H and O–H groups in total. The number of nitrogens with one attached hydrogen (secondary N) is 2. The predicted octanol–water partition coefficient (Wildman–Crippen LogP) is 2.25. The number of anilines is 1. The number of carbonyl (C=O) groups excluding carboxylic acids is 1. The van der Waals surface area contributed by atoms with Crippen molar-refractivity contribution < 1.29 is 4.79 Å². The van der Waals surface area contributed by atoms with Crippen molar-refractivity contribution in [1.29, 1.82) is 0 Å². The smallest absolute Gasteiger partial charge is 0.251 e. The fourth-order valence-electron chi connectivity index (χ4n) is 3.51. The lowest BCUT2D eigenvalue weighted by Crippen LogP contribution is -2.53. The zero-order valence-corrected chi connectivity index (χ0v) is 13.0. The molecule has 2 bridgehead atoms. The third kappa shape index (κ3) is 3.05. The Morgan fingerprint density at radius 1 is 1.33 bits per heavy atom. The molecule has 3 heterocycles. The molecule has 0 spiro atoms. The van der Waals surface area contributed by atoms with Gasteiger partial charge in [-0.3, -0.25) is 4.79 Å². The summed E-state index contributed by atoms with van der Waals surface area (Å²) in [5.41, 5.74) is 3.06. The predicted molar refractivity (Wildman–Crippen MR) is 85.8 cm³/mol. The fraction of sp³-hybridized carbons (Fsp3) is 0.588. The fourth-order valence-corrected chi connectivity index (χ4v) is 3.51. The number of piperidine rings is 3. The van der Waals surface area contributed by atoms with Gasteiger partial charge in [0, 0.05) is 30.4 Å². The van der Waals surface area contributed by atoms with Crippen molar-refractivity contribution in [2.45, 2.75) is 32.7 Å². The second-order valence-corrected chi connectivity index (χ2v) is 6.28. The molecule has 0 radical (unpaired) electrons. The van der Waals surface area contributed by atoms with Crippen molar-refractivity contribution in [1.82, 2.24) is 10.2 Å². The van der Waals surface area contributed by atoms with E-state index < -0.39 is 0 Å². The maximum absolute atomic E-state index is 12.0. The topological polar surface area (TPSA) is 44.4 Å². The number of fused-ring (bicyclic) bond motifs is 3. The van der Waals surface area contributed by atoms with Crippen LogP contribution in [-0.4, -0.2) is 43.0 Å². The molecular weight excluding hydrogens is 262 g/mol. The summed E-state index contributed by atoms with van der Waals surface area (Å²) in [4.78, 5) is 14.5. The van der Waals surface area contributed by atoms with Crippen LogP contribution in [0, 0.1) is 12.8 Å². The van der Waals surface area contributed by atoms with Gasteiger partial charge in [-0.1, -0.05) is 6.07 Å². The molecule has 3 aliphatic heterocycles. The molecule has 3 aliphatic rings. The lowest BCUT2D eigenvalue weighted by atomic mass is 9.84. The van der Waals surface area contributed by atoms with Crippen LogP contribution in [0.5, 0.6) is 0 Å². The van der Waals surface area contributed by atoms with Crippen LogP contribution in [0.4, 0.5) is 5.69 Å². The number of carbonyl (C=O) groups is 1. The van der Waals surface area contributed by atoms with Gasteiger partial charge in [-0.25, -0.2) is 0 Å². The molecule has 0 saturated carbocycles. The summed E-state index contributed by atoms with van der Waals surface area (Å²) < 4.78 is 0. The molecule has 0 aliphatic carbocycles. The average Bonchev–Trinajstić information content (AvgIpc) is 2.51. The number of nitrogens with zero attached hydrogens (tertiary/aromatic N) is 1. The molecule has 4 nitrogen and oxygen atoms in total. The standard InChI is InChI=1S/C17H25N3O/c1-3-18-17(21)14-5-4-12(2)15(10-14)19-16-11-20-8-6-13(16)7-9-20/h4-5,10,13,16,19H,3,6-9,11H2,1-2H3,(H,18,21). The number of rotatable bonds is 4. The van der Waals surface area contributed by atoms with Gasteiger partial charge in [-0.2, -0.15) is 0 Å². The highest BCUT2D eigenvalue weighted by atomic mass is 16.1. The molecule has 21 heavy (non-hydrogen) atoms. The molecular formula is C17H25N3O. The molecule has 3 saturated heterocycles. The van der Waals surface area contributed by atoms with Crippen LogP contribution in [0.1, 0.15) is 35.7 Å². The zero-order chi connectivity index (χ0) is 14.8. The molecule has 1 aromatic carbocycles. The summed E-state index contributed by atoms with van der Waals surface area (Å²) in [7, 11) is 0. The first kappa shape index (κ1) is 14.4. The van der Waals surface area contributed by atoms with Crippen molar-refractivity contribution in [3.63, 3.8) is 0 Å². The summed E-state index contributed by atoms with van der Waals surface area (Å²) >= 11 is 0. The number of aryl methyl sites for hydroxylation is 1. The van der Waals surface area contributed by atoms with E-state index in [1.165, 1.54) is 31.5 Å². The highest BCUT2D eigenvalue weighted by Crippen LogP contribution is 2.30. The van der Waals surface area contributed by atoms with E-state index in [9.17, 15) is 4.79 Å². The molecule has 1 atom stereocenters. The van der Waals surface area contributed by atoms with Crippen molar-refractivity contribution in [3.8, 4) is 0 Å². The van der Waals surface area contributed by atoms with Gasteiger partial charge in [0.25, 0.3) is 5.91 Å². The Hall–Kier alpha value is -1.55. The Morgan fingerprint density at radius 2 is 2.10 bits per heavy atom. The first-order chi connectivity index (χ1) is 10.2. The first-order valence-electron chi connectivity index (χ1n) is 8.05. The summed E-state index contributed by atoms with van der Waals surface area (Å²) in [6.07, 6.45) is 2.60. The van der Waals surface area contributed by atoms with E-state index in [1.807, 2.05) is 25.1 Å². The van der Waals surface area contributed by atoms with Crippen LogP contribution in [0.15, 0.2) is 18.2 Å². The Bertz CT molecular complexity index is 521. The second-order valence-electron chi connectivity index (χ2n) is 6.28. The Kier molecular flexibility index (Phi) is 4.15. The molecule has 1 amide bonds. The zero-order valence-electron chi connectivity index (χ0n) is 13.0. The van der Waals surface area contributed by atoms with Crippen LogP contribution >= 0.6 is 0 Å². The highest BCUT2D eigenvalue weighted by Gasteiger charge is 2.34. The first-order valence-corrected chi connectivity index (χ1v) is 8.05. The van der Waals surface area contributed by atoms with Gasteiger partial charge in [0.2, 0.25) is 0 Å². The van der Waals surface area contributed by atoms with Crippen molar-refractivity contribution in [3.05, 3.63) is 29.3 Å². The summed E-state index contributed by atoms with van der Waals surface area (Å²) in [5, 5.41) is 6.56. The van der Waals surface area contributed by atoms with Gasteiger partial charge in [0.05, 0.1) is 0 Å². The normalized spacial score (nSPS) is 27.4. The average molecular weight is 287 g/mol. The van der Waals surface area contributed by atoms with Crippen molar-refractivity contribution in [2.75, 3.05) is 31.5 Å². The van der Waals surface area contributed by atoms with E-state index >= 15 is 0 Å². The Labute approximate surface area is 126 Å². The van der Waals surface area contributed by atoms with Crippen molar-refractivity contribution >= 4 is 11.6 Å². The SMILES string of the molecule is CCNC(=O)c1ccc(C)c(NC2CN3CCC2CC3)c1. The minimum absolute atomic E-state index is 0.00876. The molecule has 4 rings (SSSR count). The van der Waals surface area contributed by atoms with E-state index in [0.29, 0.717) is 12.6 Å². The van der Waals surface area contributed by atoms with E-state index in [1.54, 1.807) is 0 Å². The maximum Gasteiger partial charge on any atom is 0.251 e. The number of benzene rings is 1. The third-order valence-corrected chi connectivity index (χ3v) is 4.83. The molecule has 1 unspecified atom stereocenters. The van der Waals surface area contributed by atoms with Gasteiger partial charge >= 0.3 is 0 Å². The third-order valence-electron chi connectivity index (χ3n) is 4.83. The highest BCUT2D eigenvalue weighted by molar-refractivity contribution is 5.95. The van der Waals surface area contributed by atoms with Crippen LogP contribution in [0.3, 0.4) is 0 Å². The van der Waals surface area contributed by atoms with E-state index in [4.69, 9.17) is 0 Å². The summed E-state index contributed by atoms with van der Waals surface area (Å²) in [6.45, 7) is 8.34. The molecule has 4 heteroatoms. The minimum atomic E-state index is 0.00876. The largest absolute Gasteiger partial charge is 0.381 e. The molecule has 1 aromatic rings. The Morgan fingerprint density at radius 3 is 2.71 bits per heavy atom. The number of hydrogen-bond donors (Lipinski definition) is 2. The summed E-state index contributed by atoms with van der Waals surface area (Å²) in [6, 6.07) is 6.46. The van der Waals surface area contributed by atoms with Crippen LogP contribution in [0.25, 0.3) is 0 Å². The van der Waals surface area contributed by atoms with E-state index in [0.717, 1.165) is 23.7 Å². The van der Waals surface area contributed by atoms with Gasteiger partial charge in [-0.05, 0) is 63.4 Å². The number of amides is 1. The summed E-state index contributed by atoms with van der Waals surface area (Å²) in [5.74, 6) is 0.789. The quantitative estimate of drug-likeness (QED) is 0.893. The lowest BCUT2D eigenvalue weighted by Gasteiger charge is -2.45. The lowest BCUT2D eigenvalue weighted by molar-refractivity contribution is 0.0955. The molecule has 0 aromatic heterocycles. The van der Waals surface area contributed by atoms with E-state index in [2.05, 4.69) is 22.5 Å². The molecule has 114 valence electrons. The maximum atomic E-state index is 12.0. The van der Waals surface area contributed by atoms with Crippen LogP contribution in [0.2, 0.25) is 0 Å². The van der Waals surface area contributed by atoms with Crippen LogP contribution in [-0.2, 0) is 0 Å². The number of hydrogen-bond acceptors (Lipinski definition) is 3. The van der Waals surface area contributed by atoms with Crippen LogP contribution < -0.4 is 10.6 Å². The molecule has 3 fully saturated rings. The minimum Gasteiger partial charge on any atom is -0.381 e. The van der Waals surface area contributed by atoms with Gasteiger partial charge < -0.3 is 15.5 Å². The second kappa shape index (κ2) is 6.06. The Balaban J connectivity index is 1.75. The van der Waals surface area contributed by atoms with Gasteiger partial charge in [0.15, 0.2) is 0 Å². The van der Waals surface area contributed by atoms with E-state index in [-0.39, 0.29) is 5.91 Å². The van der Waals surface area contributed by atoms with Crippen molar-refractivity contribution in [2.24, 2.45) is 5.92 Å². The monoisotopic (exact) mass is 287 g/mol. The van der Waals surface area contributed by atoms with Gasteiger partial charge in [-0.15, -0.1) is 0 Å². The van der Waals surface area contributed by atoms with Gasteiger partial charge in [0.1, 0.15) is 0 Å².